The van der Waals surface area contributed by atoms with Gasteiger partial charge in [-0.2, -0.15) is 0 Å². The van der Waals surface area contributed by atoms with E-state index in [4.69, 9.17) is 0 Å². The number of amides is 2. The fourth-order valence-corrected chi connectivity index (χ4v) is 5.39. The molecule has 10 heteroatoms. The summed E-state index contributed by atoms with van der Waals surface area (Å²) < 4.78 is 40.4. The maximum absolute atomic E-state index is 13.0. The zero-order chi connectivity index (χ0) is 24.8. The van der Waals surface area contributed by atoms with Crippen molar-refractivity contribution in [1.29, 1.82) is 0 Å². The van der Waals surface area contributed by atoms with Crippen LogP contribution in [0.5, 0.6) is 0 Å². The third kappa shape index (κ3) is 6.40. The molecular formula is C25H27FN4O4S. The standard InChI is InChI=1S/C25H27FN4O4S/c26-19-10-12-20(13-11-19)35(33,34)29-15-17-6-8-18(9-7-17)25(32)28-16-24(31)30-23-5-1-4-22-21(23)3-2-14-27-22/h1-5,10-14,17-18,29H,6-9,15-16H2,(H,28,32)(H,30,31). The Morgan fingerprint density at radius 3 is 2.46 bits per heavy atom. The maximum atomic E-state index is 13.0. The molecule has 1 aliphatic carbocycles. The van der Waals surface area contributed by atoms with Gasteiger partial charge in [-0.3, -0.25) is 14.6 Å². The van der Waals surface area contributed by atoms with E-state index in [1.807, 2.05) is 18.2 Å². The first-order chi connectivity index (χ1) is 16.8. The monoisotopic (exact) mass is 498 g/mol. The zero-order valence-electron chi connectivity index (χ0n) is 19.0. The van der Waals surface area contributed by atoms with Crippen molar-refractivity contribution in [2.45, 2.75) is 30.6 Å². The van der Waals surface area contributed by atoms with Crippen molar-refractivity contribution in [2.24, 2.45) is 11.8 Å². The number of halogens is 1. The molecule has 0 bridgehead atoms. The van der Waals surface area contributed by atoms with Gasteiger partial charge < -0.3 is 10.6 Å². The molecule has 1 saturated carbocycles. The number of sulfonamides is 1. The van der Waals surface area contributed by atoms with Crippen LogP contribution in [0.1, 0.15) is 25.7 Å². The summed E-state index contributed by atoms with van der Waals surface area (Å²) in [7, 11) is -3.71. The molecule has 0 radical (unpaired) electrons. The first kappa shape index (κ1) is 24.7. The van der Waals surface area contributed by atoms with Crippen molar-refractivity contribution < 1.29 is 22.4 Å². The molecule has 184 valence electrons. The Balaban J connectivity index is 1.20. The number of carbonyl (C=O) groups excluding carboxylic acids is 2. The number of aromatic nitrogens is 1. The van der Waals surface area contributed by atoms with Gasteiger partial charge in [0.2, 0.25) is 21.8 Å². The second-order valence-electron chi connectivity index (χ2n) is 8.67. The first-order valence-electron chi connectivity index (χ1n) is 11.5. The number of fused-ring (bicyclic) bond motifs is 1. The van der Waals surface area contributed by atoms with Crippen molar-refractivity contribution in [2.75, 3.05) is 18.4 Å². The van der Waals surface area contributed by atoms with E-state index in [2.05, 4.69) is 20.3 Å². The van der Waals surface area contributed by atoms with Crippen LogP contribution in [0.2, 0.25) is 0 Å². The number of carbonyl (C=O) groups is 2. The molecule has 1 fully saturated rings. The Labute approximate surface area is 203 Å². The summed E-state index contributed by atoms with van der Waals surface area (Å²) in [5, 5.41) is 6.35. The Morgan fingerprint density at radius 1 is 0.971 bits per heavy atom. The number of anilines is 1. The summed E-state index contributed by atoms with van der Waals surface area (Å²) in [6.45, 7) is 0.128. The van der Waals surface area contributed by atoms with Gasteiger partial charge in [0.25, 0.3) is 0 Å². The minimum Gasteiger partial charge on any atom is -0.347 e. The lowest BCUT2D eigenvalue weighted by molar-refractivity contribution is -0.128. The molecule has 0 aliphatic heterocycles. The lowest BCUT2D eigenvalue weighted by atomic mass is 9.81. The highest BCUT2D eigenvalue weighted by atomic mass is 32.2. The number of nitrogens with zero attached hydrogens (tertiary/aromatic N) is 1. The average molecular weight is 499 g/mol. The lowest BCUT2D eigenvalue weighted by Gasteiger charge is -2.27. The van der Waals surface area contributed by atoms with Gasteiger partial charge in [-0.25, -0.2) is 17.5 Å². The molecule has 8 nitrogen and oxygen atoms in total. The topological polar surface area (TPSA) is 117 Å². The molecule has 4 rings (SSSR count). The van der Waals surface area contributed by atoms with Crippen LogP contribution in [0.4, 0.5) is 10.1 Å². The molecule has 35 heavy (non-hydrogen) atoms. The van der Waals surface area contributed by atoms with Crippen molar-refractivity contribution >= 4 is 38.4 Å². The quantitative estimate of drug-likeness (QED) is 0.441. The SMILES string of the molecule is O=C(CNC(=O)C1CCC(CNS(=O)(=O)c2ccc(F)cc2)CC1)Nc1cccc2ncccc12. The van der Waals surface area contributed by atoms with Crippen LogP contribution in [0.15, 0.2) is 65.7 Å². The number of nitrogens with one attached hydrogen (secondary N) is 3. The van der Waals surface area contributed by atoms with E-state index in [0.29, 0.717) is 31.4 Å². The smallest absolute Gasteiger partial charge is 0.243 e. The molecule has 1 aliphatic rings. The predicted molar refractivity (Wildman–Crippen MR) is 130 cm³/mol. The molecular weight excluding hydrogens is 471 g/mol. The minimum absolute atomic E-state index is 0.0185. The predicted octanol–water partition coefficient (Wildman–Crippen LogP) is 3.21. The largest absolute Gasteiger partial charge is 0.347 e. The van der Waals surface area contributed by atoms with Crippen LogP contribution in [-0.2, 0) is 19.6 Å². The van der Waals surface area contributed by atoms with Crippen LogP contribution >= 0.6 is 0 Å². The van der Waals surface area contributed by atoms with Crippen LogP contribution < -0.4 is 15.4 Å². The minimum atomic E-state index is -3.71. The normalized spacial score (nSPS) is 18.2. The molecule has 0 saturated heterocycles. The fraction of sp³-hybridized carbons (Fsp3) is 0.320. The summed E-state index contributed by atoms with van der Waals surface area (Å²) in [6, 6.07) is 13.8. The van der Waals surface area contributed by atoms with E-state index in [0.717, 1.165) is 23.0 Å². The van der Waals surface area contributed by atoms with Gasteiger partial charge in [-0.05, 0) is 80.1 Å². The van der Waals surface area contributed by atoms with Gasteiger partial charge in [0, 0.05) is 24.0 Å². The zero-order valence-corrected chi connectivity index (χ0v) is 19.9. The maximum Gasteiger partial charge on any atom is 0.243 e. The molecule has 1 heterocycles. The van der Waals surface area contributed by atoms with E-state index in [1.54, 1.807) is 18.3 Å². The van der Waals surface area contributed by atoms with Crippen LogP contribution in [0.3, 0.4) is 0 Å². The van der Waals surface area contributed by atoms with Gasteiger partial charge in [0.05, 0.1) is 22.6 Å². The Morgan fingerprint density at radius 2 is 1.71 bits per heavy atom. The van der Waals surface area contributed by atoms with E-state index in [9.17, 15) is 22.4 Å². The first-order valence-corrected chi connectivity index (χ1v) is 13.0. The van der Waals surface area contributed by atoms with Crippen molar-refractivity contribution in [3.05, 3.63) is 66.6 Å². The average Bonchev–Trinajstić information content (AvgIpc) is 2.87. The fourth-order valence-electron chi connectivity index (χ4n) is 4.27. The Kier molecular flexibility index (Phi) is 7.72. The number of hydrogen-bond acceptors (Lipinski definition) is 5. The van der Waals surface area contributed by atoms with E-state index in [-0.39, 0.29) is 41.6 Å². The third-order valence-electron chi connectivity index (χ3n) is 6.25. The Bertz CT molecular complexity index is 1300. The number of hydrogen-bond donors (Lipinski definition) is 3. The van der Waals surface area contributed by atoms with E-state index >= 15 is 0 Å². The summed E-state index contributed by atoms with van der Waals surface area (Å²) in [6.07, 6.45) is 4.30. The molecule has 2 amide bonds. The van der Waals surface area contributed by atoms with Crippen molar-refractivity contribution in [3.63, 3.8) is 0 Å². The number of rotatable bonds is 8. The van der Waals surface area contributed by atoms with Crippen LogP contribution in [0, 0.1) is 17.7 Å². The molecule has 2 aromatic carbocycles. The van der Waals surface area contributed by atoms with Gasteiger partial charge in [-0.1, -0.05) is 6.07 Å². The number of benzene rings is 2. The molecule has 3 N–H and O–H groups in total. The second-order valence-corrected chi connectivity index (χ2v) is 10.4. The summed E-state index contributed by atoms with van der Waals surface area (Å²) in [4.78, 5) is 29.2. The van der Waals surface area contributed by atoms with Crippen LogP contribution in [0.25, 0.3) is 10.9 Å². The summed E-state index contributed by atoms with van der Waals surface area (Å²) in [5.41, 5.74) is 1.41. The molecule has 1 aromatic heterocycles. The highest BCUT2D eigenvalue weighted by Gasteiger charge is 2.27. The Hall–Kier alpha value is -3.37. The summed E-state index contributed by atoms with van der Waals surface area (Å²) >= 11 is 0. The molecule has 0 unspecified atom stereocenters. The van der Waals surface area contributed by atoms with Crippen molar-refractivity contribution in [1.82, 2.24) is 15.0 Å². The van der Waals surface area contributed by atoms with Crippen LogP contribution in [-0.4, -0.2) is 38.3 Å². The van der Waals surface area contributed by atoms with Gasteiger partial charge in [0.1, 0.15) is 5.82 Å². The molecule has 0 spiro atoms. The van der Waals surface area contributed by atoms with Gasteiger partial charge >= 0.3 is 0 Å². The highest BCUT2D eigenvalue weighted by molar-refractivity contribution is 7.89. The second kappa shape index (κ2) is 10.9. The number of pyridine rings is 1. The summed E-state index contributed by atoms with van der Waals surface area (Å²) in [5.74, 6) is -1.10. The van der Waals surface area contributed by atoms with E-state index in [1.165, 1.54) is 12.1 Å². The highest BCUT2D eigenvalue weighted by Crippen LogP contribution is 2.29. The third-order valence-corrected chi connectivity index (χ3v) is 7.69. The molecule has 0 atom stereocenters. The van der Waals surface area contributed by atoms with Crippen molar-refractivity contribution in [3.8, 4) is 0 Å². The van der Waals surface area contributed by atoms with Gasteiger partial charge in [0.15, 0.2) is 0 Å². The van der Waals surface area contributed by atoms with Gasteiger partial charge in [-0.15, -0.1) is 0 Å². The lowest BCUT2D eigenvalue weighted by Crippen LogP contribution is -2.39. The molecule has 3 aromatic rings. The van der Waals surface area contributed by atoms with E-state index < -0.39 is 15.8 Å².